The van der Waals surface area contributed by atoms with E-state index in [2.05, 4.69) is 5.32 Å². The number of anilines is 2. The van der Waals surface area contributed by atoms with Gasteiger partial charge in [-0.1, -0.05) is 23.7 Å². The van der Waals surface area contributed by atoms with Crippen LogP contribution >= 0.6 is 11.6 Å². The van der Waals surface area contributed by atoms with Crippen LogP contribution in [0.1, 0.15) is 0 Å². The largest absolute Gasteiger partial charge is 0.354 e. The fraction of sp³-hybridized carbons (Fsp3) is 0. The van der Waals surface area contributed by atoms with Gasteiger partial charge in [0.25, 0.3) is 0 Å². The van der Waals surface area contributed by atoms with Gasteiger partial charge in [0.2, 0.25) is 10.0 Å². The Hall–Kier alpha value is -1.56. The van der Waals surface area contributed by atoms with Crippen molar-refractivity contribution in [3.8, 4) is 0 Å². The number of nitrogens with one attached hydrogen (secondary N) is 1. The molecule has 0 heterocycles. The van der Waals surface area contributed by atoms with Gasteiger partial charge in [-0.25, -0.2) is 13.6 Å². The molecule has 2 rings (SSSR count). The number of halogens is 1. The number of rotatable bonds is 3. The van der Waals surface area contributed by atoms with Crippen molar-refractivity contribution >= 4 is 33.0 Å². The molecule has 0 saturated carbocycles. The summed E-state index contributed by atoms with van der Waals surface area (Å²) in [6.07, 6.45) is 0. The minimum atomic E-state index is -3.75. The second-order valence-electron chi connectivity index (χ2n) is 3.67. The monoisotopic (exact) mass is 282 g/mol. The summed E-state index contributed by atoms with van der Waals surface area (Å²) >= 11 is 5.77. The highest BCUT2D eigenvalue weighted by atomic mass is 35.5. The first kappa shape index (κ1) is 12.9. The lowest BCUT2D eigenvalue weighted by Gasteiger charge is -2.10. The second kappa shape index (κ2) is 4.97. The maximum atomic E-state index is 11.4. The Kier molecular flexibility index (Phi) is 3.56. The summed E-state index contributed by atoms with van der Waals surface area (Å²) in [5.74, 6) is 0. The molecule has 0 aliphatic rings. The summed E-state index contributed by atoms with van der Waals surface area (Å²) in [6.45, 7) is 0. The Morgan fingerprint density at radius 3 is 2.22 bits per heavy atom. The van der Waals surface area contributed by atoms with E-state index in [1.54, 1.807) is 42.5 Å². The number of para-hydroxylation sites is 1. The Balaban J connectivity index is 2.38. The predicted octanol–water partition coefficient (Wildman–Crippen LogP) is 2.73. The van der Waals surface area contributed by atoms with Gasteiger partial charge in [0.15, 0.2) is 0 Å². The topological polar surface area (TPSA) is 72.2 Å². The van der Waals surface area contributed by atoms with Crippen LogP contribution in [0, 0.1) is 0 Å². The fourth-order valence-corrected chi connectivity index (χ4v) is 2.33. The molecule has 2 aromatic carbocycles. The van der Waals surface area contributed by atoms with Crippen LogP contribution in [0.3, 0.4) is 0 Å². The third-order valence-corrected chi connectivity index (χ3v) is 3.54. The van der Waals surface area contributed by atoms with Gasteiger partial charge < -0.3 is 5.32 Å². The van der Waals surface area contributed by atoms with Crippen LogP contribution in [-0.2, 0) is 10.0 Å². The van der Waals surface area contributed by atoms with Crippen LogP contribution in [0.5, 0.6) is 0 Å². The van der Waals surface area contributed by atoms with Gasteiger partial charge in [-0.05, 0) is 36.4 Å². The molecule has 94 valence electrons. The number of hydrogen-bond donors (Lipinski definition) is 2. The highest BCUT2D eigenvalue weighted by Crippen LogP contribution is 2.24. The Labute approximate surface area is 110 Å². The molecule has 3 N–H and O–H groups in total. The fourth-order valence-electron chi connectivity index (χ4n) is 1.51. The first-order chi connectivity index (χ1) is 8.47. The van der Waals surface area contributed by atoms with Crippen molar-refractivity contribution < 1.29 is 8.42 Å². The molecule has 4 nitrogen and oxygen atoms in total. The van der Waals surface area contributed by atoms with Crippen LogP contribution in [0.25, 0.3) is 0 Å². The summed E-state index contributed by atoms with van der Waals surface area (Å²) in [4.78, 5) is 0.0555. The lowest BCUT2D eigenvalue weighted by molar-refractivity contribution is 0.598. The molecule has 2 aromatic rings. The zero-order chi connectivity index (χ0) is 13.2. The van der Waals surface area contributed by atoms with E-state index >= 15 is 0 Å². The van der Waals surface area contributed by atoms with Crippen LogP contribution < -0.4 is 10.5 Å². The van der Waals surface area contributed by atoms with E-state index in [1.165, 1.54) is 6.07 Å². The Morgan fingerprint density at radius 2 is 1.61 bits per heavy atom. The van der Waals surface area contributed by atoms with E-state index in [1.807, 2.05) is 0 Å². The van der Waals surface area contributed by atoms with Gasteiger partial charge in [0, 0.05) is 10.7 Å². The summed E-state index contributed by atoms with van der Waals surface area (Å²) in [7, 11) is -3.75. The molecule has 0 atom stereocenters. The second-order valence-corrected chi connectivity index (χ2v) is 5.64. The quantitative estimate of drug-likeness (QED) is 0.909. The van der Waals surface area contributed by atoms with Crippen LogP contribution in [0.2, 0.25) is 5.02 Å². The van der Waals surface area contributed by atoms with Crippen molar-refractivity contribution in [1.82, 2.24) is 0 Å². The summed E-state index contributed by atoms with van der Waals surface area (Å²) in [5, 5.41) is 8.75. The SMILES string of the molecule is NS(=O)(=O)c1ccccc1Nc1ccc(Cl)cc1. The standard InChI is InChI=1S/C12H11ClN2O2S/c13-9-5-7-10(8-6-9)15-11-3-1-2-4-12(11)18(14,16)17/h1-8,15H,(H2,14,16,17). The molecule has 0 bridgehead atoms. The molecule has 6 heteroatoms. The minimum absolute atomic E-state index is 0.0555. The van der Waals surface area contributed by atoms with Crippen LogP contribution in [0.15, 0.2) is 53.4 Å². The van der Waals surface area contributed by atoms with E-state index < -0.39 is 10.0 Å². The lowest BCUT2D eigenvalue weighted by Crippen LogP contribution is -2.13. The molecule has 0 unspecified atom stereocenters. The van der Waals surface area contributed by atoms with E-state index in [0.29, 0.717) is 10.7 Å². The van der Waals surface area contributed by atoms with Crippen molar-refractivity contribution in [3.63, 3.8) is 0 Å². The first-order valence-corrected chi connectivity index (χ1v) is 7.04. The number of hydrogen-bond acceptors (Lipinski definition) is 3. The molecule has 18 heavy (non-hydrogen) atoms. The highest BCUT2D eigenvalue weighted by molar-refractivity contribution is 7.89. The molecule has 0 amide bonds. The molecule has 0 radical (unpaired) electrons. The Bertz CT molecular complexity index is 654. The van der Waals surface area contributed by atoms with E-state index in [-0.39, 0.29) is 4.90 Å². The van der Waals surface area contributed by atoms with E-state index in [0.717, 1.165) is 5.69 Å². The molecule has 0 fully saturated rings. The normalized spacial score (nSPS) is 11.2. The molecule has 0 spiro atoms. The number of nitrogens with two attached hydrogens (primary N) is 1. The summed E-state index contributed by atoms with van der Waals surface area (Å²) in [6, 6.07) is 13.4. The maximum absolute atomic E-state index is 11.4. The van der Waals surface area contributed by atoms with E-state index in [4.69, 9.17) is 16.7 Å². The van der Waals surface area contributed by atoms with E-state index in [9.17, 15) is 8.42 Å². The van der Waals surface area contributed by atoms with Gasteiger partial charge in [-0.3, -0.25) is 0 Å². The van der Waals surface area contributed by atoms with Gasteiger partial charge >= 0.3 is 0 Å². The first-order valence-electron chi connectivity index (χ1n) is 5.11. The van der Waals surface area contributed by atoms with Gasteiger partial charge in [0.05, 0.1) is 5.69 Å². The molecular weight excluding hydrogens is 272 g/mol. The zero-order valence-electron chi connectivity index (χ0n) is 9.30. The van der Waals surface area contributed by atoms with Crippen molar-refractivity contribution in [2.24, 2.45) is 5.14 Å². The van der Waals surface area contributed by atoms with Gasteiger partial charge in [-0.15, -0.1) is 0 Å². The minimum Gasteiger partial charge on any atom is -0.354 e. The molecule has 0 aliphatic carbocycles. The van der Waals surface area contributed by atoms with Crippen molar-refractivity contribution in [2.75, 3.05) is 5.32 Å². The third kappa shape index (κ3) is 3.01. The van der Waals surface area contributed by atoms with Crippen LogP contribution in [0.4, 0.5) is 11.4 Å². The number of benzene rings is 2. The van der Waals surface area contributed by atoms with Crippen LogP contribution in [-0.4, -0.2) is 8.42 Å². The molecule has 0 aromatic heterocycles. The Morgan fingerprint density at radius 1 is 1.00 bits per heavy atom. The smallest absolute Gasteiger partial charge is 0.240 e. The number of primary sulfonamides is 1. The summed E-state index contributed by atoms with van der Waals surface area (Å²) < 4.78 is 22.8. The highest BCUT2D eigenvalue weighted by Gasteiger charge is 2.12. The molecule has 0 aliphatic heterocycles. The van der Waals surface area contributed by atoms with Gasteiger partial charge in [0.1, 0.15) is 4.90 Å². The van der Waals surface area contributed by atoms with Crippen molar-refractivity contribution in [2.45, 2.75) is 4.90 Å². The van der Waals surface area contributed by atoms with Crippen molar-refractivity contribution in [1.29, 1.82) is 0 Å². The average molecular weight is 283 g/mol. The van der Waals surface area contributed by atoms with Crippen molar-refractivity contribution in [3.05, 3.63) is 53.6 Å². The predicted molar refractivity (Wildman–Crippen MR) is 72.5 cm³/mol. The number of sulfonamides is 1. The maximum Gasteiger partial charge on any atom is 0.240 e. The van der Waals surface area contributed by atoms with Gasteiger partial charge in [-0.2, -0.15) is 0 Å². The summed E-state index contributed by atoms with van der Waals surface area (Å²) in [5.41, 5.74) is 1.16. The average Bonchev–Trinajstić information content (AvgIpc) is 2.31. The molecule has 0 saturated heterocycles. The molecular formula is C12H11ClN2O2S. The third-order valence-electron chi connectivity index (χ3n) is 2.32. The zero-order valence-corrected chi connectivity index (χ0v) is 10.9. The lowest BCUT2D eigenvalue weighted by atomic mass is 10.2.